The van der Waals surface area contributed by atoms with Gasteiger partial charge in [-0.05, 0) is 31.7 Å². The van der Waals surface area contributed by atoms with Crippen LogP contribution in [0.5, 0.6) is 0 Å². The van der Waals surface area contributed by atoms with Crippen LogP contribution in [0.2, 0.25) is 0 Å². The largest absolute Gasteiger partial charge is 0.363 e. The average Bonchev–Trinajstić information content (AvgIpc) is 2.80. The minimum atomic E-state index is -0.0142. The molecule has 1 unspecified atom stereocenters. The summed E-state index contributed by atoms with van der Waals surface area (Å²) in [6.07, 6.45) is 3.29. The van der Waals surface area contributed by atoms with Gasteiger partial charge in [0.15, 0.2) is 5.82 Å². The van der Waals surface area contributed by atoms with Gasteiger partial charge in [0.2, 0.25) is 0 Å². The normalized spacial score (nSPS) is 15.0. The summed E-state index contributed by atoms with van der Waals surface area (Å²) in [5.74, 6) is 1.21. The second kappa shape index (κ2) is 8.86. The van der Waals surface area contributed by atoms with Crippen molar-refractivity contribution in [2.24, 2.45) is 0 Å². The van der Waals surface area contributed by atoms with Crippen molar-refractivity contribution in [3.05, 3.63) is 78.0 Å². The van der Waals surface area contributed by atoms with E-state index in [1.807, 2.05) is 53.4 Å². The quantitative estimate of drug-likeness (QED) is 0.674. The minimum Gasteiger partial charge on any atom is -0.363 e. The molecule has 1 N–H and O–H groups in total. The summed E-state index contributed by atoms with van der Waals surface area (Å²) in [6.45, 7) is 3.69. The van der Waals surface area contributed by atoms with Gasteiger partial charge in [0, 0.05) is 30.8 Å². The maximum Gasteiger partial charge on any atom is 0.272 e. The van der Waals surface area contributed by atoms with Crippen molar-refractivity contribution in [1.29, 1.82) is 0 Å². The standard InChI is InChI=1S/C24H26N4O/c1-18(19-11-5-2-6-12-19)25-22-17-21(24(29)28-15-9-4-10-16-28)26-23(27-22)20-13-7-3-8-14-20/h2-3,5-8,11-14,17-18H,4,9-10,15-16H2,1H3,(H,25,26,27). The molecule has 0 aliphatic carbocycles. The van der Waals surface area contributed by atoms with Crippen LogP contribution in [0.3, 0.4) is 0 Å². The number of anilines is 1. The first-order valence-electron chi connectivity index (χ1n) is 10.3. The van der Waals surface area contributed by atoms with Crippen LogP contribution >= 0.6 is 0 Å². The number of rotatable bonds is 5. The number of hydrogen-bond acceptors (Lipinski definition) is 4. The lowest BCUT2D eigenvalue weighted by Gasteiger charge is -2.26. The highest BCUT2D eigenvalue weighted by Crippen LogP contribution is 2.23. The van der Waals surface area contributed by atoms with E-state index in [1.54, 1.807) is 6.07 Å². The molecular formula is C24H26N4O. The SMILES string of the molecule is CC(Nc1cc(C(=O)N2CCCCC2)nc(-c2ccccc2)n1)c1ccccc1. The summed E-state index contributed by atoms with van der Waals surface area (Å²) in [4.78, 5) is 24.3. The third-order valence-corrected chi connectivity index (χ3v) is 5.28. The van der Waals surface area contributed by atoms with Crippen molar-refractivity contribution in [2.45, 2.75) is 32.2 Å². The Labute approximate surface area is 171 Å². The Balaban J connectivity index is 1.67. The molecule has 29 heavy (non-hydrogen) atoms. The van der Waals surface area contributed by atoms with E-state index in [0.29, 0.717) is 17.3 Å². The van der Waals surface area contributed by atoms with Crippen LogP contribution in [0.1, 0.15) is 48.3 Å². The zero-order valence-corrected chi connectivity index (χ0v) is 16.7. The number of carbonyl (C=O) groups excluding carboxylic acids is 1. The van der Waals surface area contributed by atoms with Gasteiger partial charge >= 0.3 is 0 Å². The number of benzene rings is 2. The lowest BCUT2D eigenvalue weighted by atomic mass is 10.1. The number of amides is 1. The number of aromatic nitrogens is 2. The van der Waals surface area contributed by atoms with Gasteiger partial charge in [-0.15, -0.1) is 0 Å². The monoisotopic (exact) mass is 386 g/mol. The van der Waals surface area contributed by atoms with E-state index < -0.39 is 0 Å². The lowest BCUT2D eigenvalue weighted by Crippen LogP contribution is -2.36. The molecule has 4 rings (SSSR count). The van der Waals surface area contributed by atoms with Gasteiger partial charge in [0.1, 0.15) is 11.5 Å². The molecule has 5 nitrogen and oxygen atoms in total. The molecular weight excluding hydrogens is 360 g/mol. The minimum absolute atomic E-state index is 0.0142. The van der Waals surface area contributed by atoms with E-state index >= 15 is 0 Å². The maximum atomic E-state index is 13.1. The molecule has 1 fully saturated rings. The molecule has 1 amide bonds. The van der Waals surface area contributed by atoms with Crippen LogP contribution in [0, 0.1) is 0 Å². The third-order valence-electron chi connectivity index (χ3n) is 5.28. The fourth-order valence-corrected chi connectivity index (χ4v) is 3.65. The van der Waals surface area contributed by atoms with E-state index in [0.717, 1.165) is 37.1 Å². The topological polar surface area (TPSA) is 58.1 Å². The molecule has 0 radical (unpaired) electrons. The highest BCUT2D eigenvalue weighted by Gasteiger charge is 2.21. The molecule has 1 atom stereocenters. The van der Waals surface area contributed by atoms with E-state index in [1.165, 1.54) is 6.42 Å². The summed E-state index contributed by atoms with van der Waals surface area (Å²) in [7, 11) is 0. The Bertz CT molecular complexity index is 953. The zero-order chi connectivity index (χ0) is 20.1. The van der Waals surface area contributed by atoms with Gasteiger partial charge in [-0.2, -0.15) is 0 Å². The molecule has 2 aromatic carbocycles. The zero-order valence-electron chi connectivity index (χ0n) is 16.7. The summed E-state index contributed by atoms with van der Waals surface area (Å²) < 4.78 is 0. The Morgan fingerprint density at radius 3 is 2.28 bits per heavy atom. The molecule has 3 aromatic rings. The summed E-state index contributed by atoms with van der Waals surface area (Å²) in [5, 5.41) is 3.44. The second-order valence-electron chi connectivity index (χ2n) is 7.46. The lowest BCUT2D eigenvalue weighted by molar-refractivity contribution is 0.0718. The van der Waals surface area contributed by atoms with Crippen molar-refractivity contribution in [3.63, 3.8) is 0 Å². The molecule has 1 aromatic heterocycles. The predicted molar refractivity (Wildman–Crippen MR) is 116 cm³/mol. The number of piperidine rings is 1. The Hall–Kier alpha value is -3.21. The number of nitrogens with one attached hydrogen (secondary N) is 1. The number of nitrogens with zero attached hydrogens (tertiary/aromatic N) is 3. The fourth-order valence-electron chi connectivity index (χ4n) is 3.65. The molecule has 1 aliphatic rings. The Morgan fingerprint density at radius 2 is 1.59 bits per heavy atom. The van der Waals surface area contributed by atoms with Crippen LogP contribution in [0.25, 0.3) is 11.4 Å². The van der Waals surface area contributed by atoms with Crippen molar-refractivity contribution < 1.29 is 4.79 Å². The number of carbonyl (C=O) groups is 1. The second-order valence-corrected chi connectivity index (χ2v) is 7.46. The molecule has 2 heterocycles. The van der Waals surface area contributed by atoms with Gasteiger partial charge < -0.3 is 10.2 Å². The molecule has 0 saturated carbocycles. The molecule has 0 bridgehead atoms. The van der Waals surface area contributed by atoms with Crippen LogP contribution in [0.15, 0.2) is 66.7 Å². The van der Waals surface area contributed by atoms with Crippen molar-refractivity contribution in [1.82, 2.24) is 14.9 Å². The van der Waals surface area contributed by atoms with Gasteiger partial charge in [-0.1, -0.05) is 60.7 Å². The van der Waals surface area contributed by atoms with E-state index in [-0.39, 0.29) is 11.9 Å². The molecule has 1 saturated heterocycles. The molecule has 5 heteroatoms. The summed E-state index contributed by atoms with van der Waals surface area (Å²) in [6, 6.07) is 21.9. The van der Waals surface area contributed by atoms with Crippen molar-refractivity contribution >= 4 is 11.7 Å². The molecule has 1 aliphatic heterocycles. The van der Waals surface area contributed by atoms with Crippen LogP contribution < -0.4 is 5.32 Å². The molecule has 148 valence electrons. The maximum absolute atomic E-state index is 13.1. The van der Waals surface area contributed by atoms with Crippen LogP contribution in [0.4, 0.5) is 5.82 Å². The highest BCUT2D eigenvalue weighted by atomic mass is 16.2. The number of likely N-dealkylation sites (tertiary alicyclic amines) is 1. The Morgan fingerprint density at radius 1 is 0.931 bits per heavy atom. The van der Waals surface area contributed by atoms with Crippen molar-refractivity contribution in [2.75, 3.05) is 18.4 Å². The van der Waals surface area contributed by atoms with E-state index in [9.17, 15) is 4.79 Å². The number of hydrogen-bond donors (Lipinski definition) is 1. The highest BCUT2D eigenvalue weighted by molar-refractivity contribution is 5.93. The van der Waals surface area contributed by atoms with Gasteiger partial charge in [0.25, 0.3) is 5.91 Å². The van der Waals surface area contributed by atoms with Crippen molar-refractivity contribution in [3.8, 4) is 11.4 Å². The van der Waals surface area contributed by atoms with Gasteiger partial charge in [-0.25, -0.2) is 9.97 Å². The van der Waals surface area contributed by atoms with Gasteiger partial charge in [-0.3, -0.25) is 4.79 Å². The van der Waals surface area contributed by atoms with Crippen LogP contribution in [-0.4, -0.2) is 33.9 Å². The van der Waals surface area contributed by atoms with Crippen LogP contribution in [-0.2, 0) is 0 Å². The predicted octanol–water partition coefficient (Wildman–Crippen LogP) is 4.94. The summed E-state index contributed by atoms with van der Waals surface area (Å²) >= 11 is 0. The first-order valence-corrected chi connectivity index (χ1v) is 10.3. The first-order chi connectivity index (χ1) is 14.2. The third kappa shape index (κ3) is 4.62. The first kappa shape index (κ1) is 19.1. The van der Waals surface area contributed by atoms with E-state index in [4.69, 9.17) is 4.98 Å². The van der Waals surface area contributed by atoms with E-state index in [2.05, 4.69) is 29.4 Å². The average molecular weight is 386 g/mol. The fraction of sp³-hybridized carbons (Fsp3) is 0.292. The summed E-state index contributed by atoms with van der Waals surface area (Å²) in [5.41, 5.74) is 2.51. The smallest absolute Gasteiger partial charge is 0.272 e. The molecule has 0 spiro atoms. The Kier molecular flexibility index (Phi) is 5.84. The van der Waals surface area contributed by atoms with Gasteiger partial charge in [0.05, 0.1) is 0 Å².